The Kier molecular flexibility index (Phi) is 6.44. The van der Waals surface area contributed by atoms with Crippen LogP contribution in [0.25, 0.3) is 0 Å². The van der Waals surface area contributed by atoms with E-state index >= 15 is 0 Å². The number of amides is 1. The average molecular weight is 320 g/mol. The molecular weight excluding hydrogens is 300 g/mol. The molecule has 0 aliphatic rings. The Bertz CT molecular complexity index is 604. The fraction of sp³-hybridized carbons (Fsp3) is 0.438. The van der Waals surface area contributed by atoms with Crippen molar-refractivity contribution in [2.45, 2.75) is 44.9 Å². The summed E-state index contributed by atoms with van der Waals surface area (Å²) in [5.41, 5.74) is 0.454. The van der Waals surface area contributed by atoms with Crippen LogP contribution in [-0.4, -0.2) is 17.0 Å². The van der Waals surface area contributed by atoms with Crippen molar-refractivity contribution >= 4 is 29.3 Å². The van der Waals surface area contributed by atoms with Gasteiger partial charge in [0.2, 0.25) is 5.91 Å². The Morgan fingerprint density at radius 1 is 1.36 bits per heavy atom. The van der Waals surface area contributed by atoms with Gasteiger partial charge in [-0.2, -0.15) is 5.26 Å². The van der Waals surface area contributed by atoms with Gasteiger partial charge in [0.05, 0.1) is 5.41 Å². The molecule has 1 rings (SSSR count). The number of rotatable bonds is 7. The highest BCUT2D eigenvalue weighted by Gasteiger charge is 2.37. The average Bonchev–Trinajstić information content (AvgIpc) is 2.47. The fourth-order valence-corrected chi connectivity index (χ4v) is 2.75. The summed E-state index contributed by atoms with van der Waals surface area (Å²) < 4.78 is 0. The number of nitrogens with zero attached hydrogens (tertiary/aromatic N) is 1. The van der Waals surface area contributed by atoms with Gasteiger partial charge in [-0.3, -0.25) is 9.59 Å². The van der Waals surface area contributed by atoms with Crippen LogP contribution in [0.2, 0.25) is 0 Å². The van der Waals surface area contributed by atoms with Gasteiger partial charge in [-0.05, 0) is 55.3 Å². The summed E-state index contributed by atoms with van der Waals surface area (Å²) in [6.07, 6.45) is 0.759. The summed E-state index contributed by atoms with van der Waals surface area (Å²) in [5.74, 6) is -1.25. The second-order valence-electron chi connectivity index (χ2n) is 5.19. The Labute approximate surface area is 134 Å². The summed E-state index contributed by atoms with van der Waals surface area (Å²) in [4.78, 5) is 24.4. The molecular formula is C16H20N2O3S. The molecule has 2 N–H and O–H groups in total. The Hall–Kier alpha value is -2.00. The molecule has 0 fully saturated rings. The highest BCUT2D eigenvalue weighted by Crippen LogP contribution is 2.32. The molecule has 1 aromatic rings. The van der Waals surface area contributed by atoms with Gasteiger partial charge < -0.3 is 10.4 Å². The maximum Gasteiger partial charge on any atom is 0.310 e. The predicted molar refractivity (Wildman–Crippen MR) is 86.5 cm³/mol. The van der Waals surface area contributed by atoms with E-state index in [0.717, 1.165) is 22.2 Å². The van der Waals surface area contributed by atoms with Crippen molar-refractivity contribution in [2.75, 3.05) is 5.32 Å². The normalized spacial score (nSPS) is 10.8. The number of carboxylic acid groups (broad SMARTS) is 1. The zero-order valence-corrected chi connectivity index (χ0v) is 13.8. The van der Waals surface area contributed by atoms with Gasteiger partial charge in [-0.15, -0.1) is 0 Å². The van der Waals surface area contributed by atoms with Crippen LogP contribution in [0.4, 0.5) is 5.69 Å². The molecule has 0 bridgehead atoms. The summed E-state index contributed by atoms with van der Waals surface area (Å²) in [5, 5.41) is 22.8. The smallest absolute Gasteiger partial charge is 0.310 e. The van der Waals surface area contributed by atoms with E-state index in [1.807, 2.05) is 18.4 Å². The Balaban J connectivity index is 2.85. The van der Waals surface area contributed by atoms with E-state index in [9.17, 15) is 14.7 Å². The minimum atomic E-state index is -1.02. The first kappa shape index (κ1) is 18.1. The number of aryl methyl sites for hydroxylation is 1. The zero-order chi connectivity index (χ0) is 16.8. The van der Waals surface area contributed by atoms with E-state index in [2.05, 4.69) is 5.32 Å². The van der Waals surface area contributed by atoms with Crippen molar-refractivity contribution in [1.29, 1.82) is 5.26 Å². The lowest BCUT2D eigenvalue weighted by Crippen LogP contribution is -2.34. The monoisotopic (exact) mass is 320 g/mol. The van der Waals surface area contributed by atoms with Crippen LogP contribution < -0.4 is 5.32 Å². The van der Waals surface area contributed by atoms with E-state index in [0.29, 0.717) is 18.5 Å². The minimum Gasteiger partial charge on any atom is -0.481 e. The molecule has 0 aromatic heterocycles. The first-order valence-electron chi connectivity index (χ1n) is 7.08. The van der Waals surface area contributed by atoms with Crippen LogP contribution in [0.15, 0.2) is 23.1 Å². The molecule has 0 unspecified atom stereocenters. The highest BCUT2D eigenvalue weighted by atomic mass is 32.2. The van der Waals surface area contributed by atoms with Gasteiger partial charge in [0.25, 0.3) is 0 Å². The summed E-state index contributed by atoms with van der Waals surface area (Å²) in [7, 11) is 0. The molecule has 118 valence electrons. The number of benzene rings is 1. The van der Waals surface area contributed by atoms with Crippen LogP contribution >= 0.6 is 11.8 Å². The lowest BCUT2D eigenvalue weighted by atomic mass is 9.79. The SMILES string of the molecule is CCC(CC)(CC(=O)Nc1ccc(SC#N)cc1C)C(=O)O. The number of thiocyanates is 1. The minimum absolute atomic E-state index is 0.0521. The summed E-state index contributed by atoms with van der Waals surface area (Å²) >= 11 is 1.05. The molecule has 0 heterocycles. The largest absolute Gasteiger partial charge is 0.481 e. The molecule has 0 saturated carbocycles. The quantitative estimate of drug-likeness (QED) is 0.589. The number of nitriles is 1. The van der Waals surface area contributed by atoms with Crippen molar-refractivity contribution in [3.8, 4) is 5.40 Å². The van der Waals surface area contributed by atoms with Crippen molar-refractivity contribution in [3.05, 3.63) is 23.8 Å². The van der Waals surface area contributed by atoms with Crippen LogP contribution in [0.5, 0.6) is 0 Å². The number of carbonyl (C=O) groups is 2. The number of carboxylic acids is 1. The zero-order valence-electron chi connectivity index (χ0n) is 13.0. The standard InChI is InChI=1S/C16H20N2O3S/c1-4-16(5-2,15(20)21)9-14(19)18-13-7-6-12(22-10-17)8-11(13)3/h6-8H,4-5,9H2,1-3H3,(H,18,19)(H,20,21). The van der Waals surface area contributed by atoms with Gasteiger partial charge >= 0.3 is 5.97 Å². The van der Waals surface area contributed by atoms with E-state index < -0.39 is 11.4 Å². The van der Waals surface area contributed by atoms with Crippen LogP contribution in [-0.2, 0) is 9.59 Å². The lowest BCUT2D eigenvalue weighted by Gasteiger charge is -2.26. The molecule has 0 spiro atoms. The first-order valence-corrected chi connectivity index (χ1v) is 7.90. The maximum absolute atomic E-state index is 12.2. The molecule has 0 aliphatic heterocycles. The highest BCUT2D eigenvalue weighted by molar-refractivity contribution is 8.03. The van der Waals surface area contributed by atoms with Crippen LogP contribution in [0, 0.1) is 23.0 Å². The van der Waals surface area contributed by atoms with E-state index in [-0.39, 0.29) is 12.3 Å². The van der Waals surface area contributed by atoms with Crippen molar-refractivity contribution in [1.82, 2.24) is 0 Å². The first-order chi connectivity index (χ1) is 10.4. The van der Waals surface area contributed by atoms with Gasteiger partial charge in [0, 0.05) is 17.0 Å². The number of anilines is 1. The van der Waals surface area contributed by atoms with Crippen molar-refractivity contribution in [3.63, 3.8) is 0 Å². The molecule has 5 nitrogen and oxygen atoms in total. The Morgan fingerprint density at radius 2 is 2.00 bits per heavy atom. The van der Waals surface area contributed by atoms with E-state index in [1.54, 1.807) is 26.0 Å². The maximum atomic E-state index is 12.2. The second kappa shape index (κ2) is 7.85. The second-order valence-corrected chi connectivity index (χ2v) is 6.05. The van der Waals surface area contributed by atoms with E-state index in [4.69, 9.17) is 5.26 Å². The molecule has 1 amide bonds. The van der Waals surface area contributed by atoms with Crippen molar-refractivity contribution in [2.24, 2.45) is 5.41 Å². The third-order valence-electron chi connectivity index (χ3n) is 3.94. The number of nitrogens with one attached hydrogen (secondary N) is 1. The number of thioether (sulfide) groups is 1. The number of carbonyl (C=O) groups excluding carboxylic acids is 1. The number of hydrogen-bond donors (Lipinski definition) is 2. The molecule has 0 aliphatic carbocycles. The van der Waals surface area contributed by atoms with Crippen LogP contribution in [0.3, 0.4) is 0 Å². The molecule has 0 saturated heterocycles. The van der Waals surface area contributed by atoms with Gasteiger partial charge in [0.1, 0.15) is 5.40 Å². The molecule has 0 radical (unpaired) electrons. The molecule has 6 heteroatoms. The number of aliphatic carboxylic acids is 1. The molecule has 0 atom stereocenters. The van der Waals surface area contributed by atoms with Crippen molar-refractivity contribution < 1.29 is 14.7 Å². The lowest BCUT2D eigenvalue weighted by molar-refractivity contribution is -0.151. The van der Waals surface area contributed by atoms with Gasteiger partial charge in [0.15, 0.2) is 0 Å². The Morgan fingerprint density at radius 3 is 2.45 bits per heavy atom. The molecule has 22 heavy (non-hydrogen) atoms. The summed E-state index contributed by atoms with van der Waals surface area (Å²) in [6.45, 7) is 5.40. The predicted octanol–water partition coefficient (Wildman–Crippen LogP) is 3.79. The third kappa shape index (κ3) is 4.25. The fourth-order valence-electron chi connectivity index (χ4n) is 2.27. The topological polar surface area (TPSA) is 90.2 Å². The van der Waals surface area contributed by atoms with E-state index in [1.165, 1.54) is 0 Å². The molecule has 1 aromatic carbocycles. The third-order valence-corrected chi connectivity index (χ3v) is 4.52. The summed E-state index contributed by atoms with van der Waals surface area (Å²) in [6, 6.07) is 5.29. The number of hydrogen-bond acceptors (Lipinski definition) is 4. The van der Waals surface area contributed by atoms with Crippen LogP contribution in [0.1, 0.15) is 38.7 Å². The van der Waals surface area contributed by atoms with Gasteiger partial charge in [-0.1, -0.05) is 13.8 Å². The van der Waals surface area contributed by atoms with Gasteiger partial charge in [-0.25, -0.2) is 0 Å².